The first-order valence-electron chi connectivity index (χ1n) is 4.74. The highest BCUT2D eigenvalue weighted by atomic mass is 14.9. The molecule has 0 bridgehead atoms. The summed E-state index contributed by atoms with van der Waals surface area (Å²) in [4.78, 5) is 0. The SMILES string of the molecule is CCCC(NC)C(C#N)C(C)C. The van der Waals surface area contributed by atoms with Gasteiger partial charge in [0.05, 0.1) is 12.0 Å². The zero-order chi connectivity index (χ0) is 9.56. The van der Waals surface area contributed by atoms with Crippen LogP contribution in [0.4, 0.5) is 0 Å². The van der Waals surface area contributed by atoms with Gasteiger partial charge in [-0.25, -0.2) is 0 Å². The van der Waals surface area contributed by atoms with Crippen molar-refractivity contribution in [3.05, 3.63) is 0 Å². The zero-order valence-electron chi connectivity index (χ0n) is 8.59. The van der Waals surface area contributed by atoms with Crippen LogP contribution in [0.2, 0.25) is 0 Å². The van der Waals surface area contributed by atoms with Gasteiger partial charge in [-0.3, -0.25) is 0 Å². The Morgan fingerprint density at radius 2 is 2.00 bits per heavy atom. The molecule has 0 aliphatic carbocycles. The third kappa shape index (κ3) is 3.23. The van der Waals surface area contributed by atoms with Crippen LogP contribution in [0, 0.1) is 23.2 Å². The number of hydrogen-bond donors (Lipinski definition) is 1. The largest absolute Gasteiger partial charge is 0.316 e. The molecule has 0 aliphatic rings. The first-order valence-corrected chi connectivity index (χ1v) is 4.74. The van der Waals surface area contributed by atoms with Gasteiger partial charge in [0, 0.05) is 6.04 Å². The summed E-state index contributed by atoms with van der Waals surface area (Å²) in [5.74, 6) is 0.592. The Bertz CT molecular complexity index is 146. The van der Waals surface area contributed by atoms with Crippen molar-refractivity contribution in [2.75, 3.05) is 7.05 Å². The van der Waals surface area contributed by atoms with Crippen LogP contribution in [0.5, 0.6) is 0 Å². The number of nitrogens with one attached hydrogen (secondary N) is 1. The van der Waals surface area contributed by atoms with E-state index in [0.717, 1.165) is 12.8 Å². The van der Waals surface area contributed by atoms with Gasteiger partial charge < -0.3 is 5.32 Å². The van der Waals surface area contributed by atoms with Gasteiger partial charge in [-0.15, -0.1) is 0 Å². The van der Waals surface area contributed by atoms with Crippen molar-refractivity contribution < 1.29 is 0 Å². The normalized spacial score (nSPS) is 15.7. The predicted octanol–water partition coefficient (Wildman–Crippen LogP) is 2.17. The first kappa shape index (κ1) is 11.4. The monoisotopic (exact) mass is 168 g/mol. The average molecular weight is 168 g/mol. The Balaban J connectivity index is 4.15. The molecule has 2 nitrogen and oxygen atoms in total. The van der Waals surface area contributed by atoms with Gasteiger partial charge in [0.1, 0.15) is 0 Å². The third-order valence-electron chi connectivity index (χ3n) is 2.27. The van der Waals surface area contributed by atoms with Gasteiger partial charge in [0.2, 0.25) is 0 Å². The number of rotatable bonds is 5. The summed E-state index contributed by atoms with van der Waals surface area (Å²) in [7, 11) is 1.94. The molecule has 0 heterocycles. The predicted molar refractivity (Wildman–Crippen MR) is 51.7 cm³/mol. The van der Waals surface area contributed by atoms with Crippen LogP contribution in [0.15, 0.2) is 0 Å². The van der Waals surface area contributed by atoms with Gasteiger partial charge in [0.15, 0.2) is 0 Å². The second-order valence-electron chi connectivity index (χ2n) is 3.58. The van der Waals surface area contributed by atoms with Crippen LogP contribution in [-0.4, -0.2) is 13.1 Å². The van der Waals surface area contributed by atoms with Crippen LogP contribution in [0.1, 0.15) is 33.6 Å². The van der Waals surface area contributed by atoms with Crippen LogP contribution in [-0.2, 0) is 0 Å². The zero-order valence-corrected chi connectivity index (χ0v) is 8.59. The van der Waals surface area contributed by atoms with Gasteiger partial charge in [-0.1, -0.05) is 27.2 Å². The van der Waals surface area contributed by atoms with E-state index in [1.54, 1.807) is 0 Å². The standard InChI is InChI=1S/C10H20N2/c1-5-6-10(12-4)9(7-11)8(2)3/h8-10,12H,5-6H2,1-4H3. The lowest BCUT2D eigenvalue weighted by Crippen LogP contribution is -2.35. The third-order valence-corrected chi connectivity index (χ3v) is 2.27. The Labute approximate surface area is 76.0 Å². The molecule has 0 aliphatic heterocycles. The van der Waals surface area contributed by atoms with E-state index < -0.39 is 0 Å². The van der Waals surface area contributed by atoms with Crippen LogP contribution >= 0.6 is 0 Å². The number of hydrogen-bond acceptors (Lipinski definition) is 2. The molecule has 0 fully saturated rings. The van der Waals surface area contributed by atoms with Crippen molar-refractivity contribution in [1.29, 1.82) is 5.26 Å². The fourth-order valence-corrected chi connectivity index (χ4v) is 1.52. The van der Waals surface area contributed by atoms with Gasteiger partial charge in [-0.2, -0.15) is 5.26 Å². The molecular formula is C10H20N2. The van der Waals surface area contributed by atoms with E-state index in [1.165, 1.54) is 0 Å². The maximum Gasteiger partial charge on any atom is 0.0674 e. The van der Waals surface area contributed by atoms with Crippen molar-refractivity contribution in [2.45, 2.75) is 39.7 Å². The van der Waals surface area contributed by atoms with Crippen molar-refractivity contribution in [3.63, 3.8) is 0 Å². The van der Waals surface area contributed by atoms with E-state index in [4.69, 9.17) is 5.26 Å². The molecule has 0 aromatic heterocycles. The minimum Gasteiger partial charge on any atom is -0.316 e. The Kier molecular flexibility index (Phi) is 5.74. The quantitative estimate of drug-likeness (QED) is 0.683. The second kappa shape index (κ2) is 6.02. The molecule has 70 valence electrons. The molecule has 2 unspecified atom stereocenters. The molecule has 2 atom stereocenters. The maximum atomic E-state index is 8.93. The van der Waals surface area contributed by atoms with Crippen LogP contribution < -0.4 is 5.32 Å². The minimum absolute atomic E-state index is 0.148. The lowest BCUT2D eigenvalue weighted by molar-refractivity contribution is 0.337. The average Bonchev–Trinajstić information content (AvgIpc) is 2.03. The highest BCUT2D eigenvalue weighted by Crippen LogP contribution is 2.17. The van der Waals surface area contributed by atoms with Gasteiger partial charge in [-0.05, 0) is 19.4 Å². The molecule has 0 spiro atoms. The van der Waals surface area contributed by atoms with Gasteiger partial charge >= 0.3 is 0 Å². The summed E-state index contributed by atoms with van der Waals surface area (Å²) in [6.45, 7) is 6.36. The fourth-order valence-electron chi connectivity index (χ4n) is 1.52. The van der Waals surface area contributed by atoms with E-state index in [0.29, 0.717) is 12.0 Å². The van der Waals surface area contributed by atoms with Crippen LogP contribution in [0.25, 0.3) is 0 Å². The molecule has 1 N–H and O–H groups in total. The summed E-state index contributed by atoms with van der Waals surface area (Å²) in [6, 6.07) is 2.74. The molecule has 0 radical (unpaired) electrons. The lowest BCUT2D eigenvalue weighted by Gasteiger charge is -2.23. The van der Waals surface area contributed by atoms with Crippen LogP contribution in [0.3, 0.4) is 0 Å². The molecular weight excluding hydrogens is 148 g/mol. The lowest BCUT2D eigenvalue weighted by atomic mass is 9.87. The van der Waals surface area contributed by atoms with E-state index in [2.05, 4.69) is 32.2 Å². The summed E-state index contributed by atoms with van der Waals surface area (Å²) in [6.07, 6.45) is 2.23. The topological polar surface area (TPSA) is 35.8 Å². The Hall–Kier alpha value is -0.550. The summed E-state index contributed by atoms with van der Waals surface area (Å²) in [5, 5.41) is 12.1. The molecule has 0 aromatic rings. The smallest absolute Gasteiger partial charge is 0.0674 e. The molecule has 2 heteroatoms. The molecule has 0 saturated carbocycles. The summed E-state index contributed by atoms with van der Waals surface area (Å²) < 4.78 is 0. The molecule has 0 amide bonds. The second-order valence-corrected chi connectivity index (χ2v) is 3.58. The molecule has 0 rings (SSSR count). The minimum atomic E-state index is 0.148. The first-order chi connectivity index (χ1) is 5.67. The van der Waals surface area contributed by atoms with Crippen molar-refractivity contribution in [1.82, 2.24) is 5.32 Å². The number of nitrogens with zero attached hydrogens (tertiary/aromatic N) is 1. The van der Waals surface area contributed by atoms with Crippen molar-refractivity contribution >= 4 is 0 Å². The van der Waals surface area contributed by atoms with Gasteiger partial charge in [0.25, 0.3) is 0 Å². The summed E-state index contributed by atoms with van der Waals surface area (Å²) in [5.41, 5.74) is 0. The Morgan fingerprint density at radius 1 is 1.42 bits per heavy atom. The van der Waals surface area contributed by atoms with Crippen molar-refractivity contribution in [3.8, 4) is 6.07 Å². The van der Waals surface area contributed by atoms with E-state index in [9.17, 15) is 0 Å². The fraction of sp³-hybridized carbons (Fsp3) is 0.900. The Morgan fingerprint density at radius 3 is 2.25 bits per heavy atom. The highest BCUT2D eigenvalue weighted by Gasteiger charge is 2.21. The van der Waals surface area contributed by atoms with E-state index >= 15 is 0 Å². The number of nitriles is 1. The highest BCUT2D eigenvalue weighted by molar-refractivity contribution is 4.93. The molecule has 0 aromatic carbocycles. The summed E-state index contributed by atoms with van der Waals surface area (Å²) >= 11 is 0. The molecule has 12 heavy (non-hydrogen) atoms. The van der Waals surface area contributed by atoms with E-state index in [-0.39, 0.29) is 5.92 Å². The van der Waals surface area contributed by atoms with Crippen molar-refractivity contribution in [2.24, 2.45) is 11.8 Å². The molecule has 0 saturated heterocycles. The van der Waals surface area contributed by atoms with E-state index in [1.807, 2.05) is 7.05 Å². The maximum absolute atomic E-state index is 8.93.